The molecule has 1 aliphatic rings. The van der Waals surface area contributed by atoms with Gasteiger partial charge < -0.3 is 21.5 Å². The van der Waals surface area contributed by atoms with Crippen molar-refractivity contribution in [3.05, 3.63) is 18.5 Å². The third-order valence-electron chi connectivity index (χ3n) is 4.59. The number of hydrogen-bond donors (Lipinski definition) is 4. The summed E-state index contributed by atoms with van der Waals surface area (Å²) in [7, 11) is 0. The van der Waals surface area contributed by atoms with Crippen LogP contribution in [0.3, 0.4) is 0 Å². The summed E-state index contributed by atoms with van der Waals surface area (Å²) in [6.07, 6.45) is 8.82. The molecule has 1 fully saturated rings. The van der Waals surface area contributed by atoms with Crippen LogP contribution in [0.4, 0.5) is 17.7 Å². The average molecular weight is 357 g/mol. The number of nitrogens with zero attached hydrogens (tertiary/aromatic N) is 4. The van der Waals surface area contributed by atoms with Gasteiger partial charge in [-0.05, 0) is 38.2 Å². The molecule has 2 heterocycles. The maximum atomic E-state index is 9.73. The number of aromatic nitrogens is 4. The smallest absolute Gasteiger partial charge is 0.224 e. The molecule has 26 heavy (non-hydrogen) atoms. The quantitative estimate of drug-likeness (QED) is 0.557. The van der Waals surface area contributed by atoms with Gasteiger partial charge in [-0.15, -0.1) is 0 Å². The first-order valence-electron chi connectivity index (χ1n) is 9.30. The van der Waals surface area contributed by atoms with Crippen molar-refractivity contribution >= 4 is 17.7 Å². The molecule has 0 bridgehead atoms. The van der Waals surface area contributed by atoms with E-state index in [9.17, 15) is 5.11 Å². The van der Waals surface area contributed by atoms with Crippen LogP contribution in [-0.4, -0.2) is 43.7 Å². The predicted molar refractivity (Wildman–Crippen MR) is 103 cm³/mol. The molecule has 8 heteroatoms. The van der Waals surface area contributed by atoms with Crippen molar-refractivity contribution in [3.63, 3.8) is 0 Å². The number of rotatable bonds is 7. The number of hydrogen-bond acceptors (Lipinski definition) is 8. The van der Waals surface area contributed by atoms with Crippen molar-refractivity contribution < 1.29 is 5.11 Å². The van der Waals surface area contributed by atoms with Gasteiger partial charge >= 0.3 is 0 Å². The fourth-order valence-corrected chi connectivity index (χ4v) is 3.08. The molecular weight excluding hydrogens is 330 g/mol. The third kappa shape index (κ3) is 4.78. The molecule has 1 aliphatic carbocycles. The highest BCUT2D eigenvalue weighted by atomic mass is 16.3. The van der Waals surface area contributed by atoms with Gasteiger partial charge in [0.1, 0.15) is 5.82 Å². The summed E-state index contributed by atoms with van der Waals surface area (Å²) in [5.74, 6) is 1.56. The molecule has 3 rings (SSSR count). The molecule has 0 aliphatic heterocycles. The van der Waals surface area contributed by atoms with Crippen molar-refractivity contribution in [1.29, 1.82) is 0 Å². The van der Waals surface area contributed by atoms with Crippen LogP contribution >= 0.6 is 0 Å². The highest BCUT2D eigenvalue weighted by Crippen LogP contribution is 2.29. The molecular formula is C18H27N7O. The second-order valence-electron chi connectivity index (χ2n) is 6.69. The number of nitrogens with two attached hydrogens (primary N) is 1. The zero-order valence-electron chi connectivity index (χ0n) is 15.1. The maximum Gasteiger partial charge on any atom is 0.224 e. The number of aliphatic hydroxyl groups is 1. The lowest BCUT2D eigenvalue weighted by molar-refractivity contribution is 0.126. The van der Waals surface area contributed by atoms with Gasteiger partial charge in [0.25, 0.3) is 0 Å². The van der Waals surface area contributed by atoms with Crippen LogP contribution in [0.1, 0.15) is 45.4 Å². The average Bonchev–Trinajstić information content (AvgIpc) is 2.64. The van der Waals surface area contributed by atoms with Gasteiger partial charge in [-0.3, -0.25) is 0 Å². The molecule has 2 aromatic heterocycles. The molecule has 5 N–H and O–H groups in total. The van der Waals surface area contributed by atoms with E-state index >= 15 is 0 Å². The van der Waals surface area contributed by atoms with E-state index in [0.29, 0.717) is 11.6 Å². The Morgan fingerprint density at radius 3 is 2.73 bits per heavy atom. The minimum Gasteiger partial charge on any atom is -0.393 e. The summed E-state index contributed by atoms with van der Waals surface area (Å²) in [4.78, 5) is 17.3. The summed E-state index contributed by atoms with van der Waals surface area (Å²) in [6, 6.07) is 2.07. The Hall–Kier alpha value is -2.48. The van der Waals surface area contributed by atoms with E-state index in [-0.39, 0.29) is 18.1 Å². The van der Waals surface area contributed by atoms with Gasteiger partial charge in [0.05, 0.1) is 17.4 Å². The van der Waals surface area contributed by atoms with Crippen molar-refractivity contribution in [1.82, 2.24) is 19.9 Å². The van der Waals surface area contributed by atoms with E-state index in [1.807, 2.05) is 0 Å². The van der Waals surface area contributed by atoms with Crippen LogP contribution in [0.2, 0.25) is 0 Å². The van der Waals surface area contributed by atoms with Gasteiger partial charge in [-0.25, -0.2) is 15.0 Å². The summed E-state index contributed by atoms with van der Waals surface area (Å²) in [5, 5.41) is 16.5. The van der Waals surface area contributed by atoms with E-state index in [0.717, 1.165) is 56.5 Å². The topological polar surface area (TPSA) is 122 Å². The maximum absolute atomic E-state index is 9.73. The molecule has 0 spiro atoms. The number of nitrogens with one attached hydrogen (secondary N) is 2. The van der Waals surface area contributed by atoms with Crippen molar-refractivity contribution in [2.24, 2.45) is 0 Å². The largest absolute Gasteiger partial charge is 0.393 e. The fraction of sp³-hybridized carbons (Fsp3) is 0.556. The molecule has 0 amide bonds. The minimum atomic E-state index is -0.189. The van der Waals surface area contributed by atoms with E-state index in [1.54, 1.807) is 18.5 Å². The van der Waals surface area contributed by atoms with Crippen molar-refractivity contribution in [2.75, 3.05) is 22.9 Å². The fourth-order valence-electron chi connectivity index (χ4n) is 3.08. The van der Waals surface area contributed by atoms with E-state index in [1.165, 1.54) is 0 Å². The Balaban J connectivity index is 1.84. The van der Waals surface area contributed by atoms with Crippen LogP contribution in [0.15, 0.2) is 18.5 Å². The standard InChI is InChI=1S/C18H27N7O/c1-2-3-9-21-18-22-11-14(15-8-10-20-17(19)24-15)16(25-18)23-12-4-6-13(26)7-5-12/h8,10-13,26H,2-7,9H2,1H3,(H2,19,20,24)(H2,21,22,23,25). The Labute approximate surface area is 153 Å². The summed E-state index contributed by atoms with van der Waals surface area (Å²) >= 11 is 0. The second-order valence-corrected chi connectivity index (χ2v) is 6.69. The summed E-state index contributed by atoms with van der Waals surface area (Å²) in [6.45, 7) is 2.99. The number of anilines is 3. The molecule has 0 unspecified atom stereocenters. The SMILES string of the molecule is CCCCNc1ncc(-c2ccnc(N)n2)c(NC2CCC(O)CC2)n1. The van der Waals surface area contributed by atoms with Crippen LogP contribution < -0.4 is 16.4 Å². The lowest BCUT2D eigenvalue weighted by Gasteiger charge is -2.27. The van der Waals surface area contributed by atoms with E-state index in [4.69, 9.17) is 5.73 Å². The molecule has 1 saturated carbocycles. The number of unbranched alkanes of at least 4 members (excludes halogenated alkanes) is 1. The highest BCUT2D eigenvalue weighted by Gasteiger charge is 2.21. The Kier molecular flexibility index (Phi) is 6.17. The van der Waals surface area contributed by atoms with Crippen LogP contribution in [-0.2, 0) is 0 Å². The van der Waals surface area contributed by atoms with Gasteiger partial charge in [0, 0.05) is 25.0 Å². The van der Waals surface area contributed by atoms with E-state index < -0.39 is 0 Å². The first-order valence-corrected chi connectivity index (χ1v) is 9.30. The molecule has 0 radical (unpaired) electrons. The van der Waals surface area contributed by atoms with Gasteiger partial charge in [-0.2, -0.15) is 4.98 Å². The molecule has 0 atom stereocenters. The number of nitrogen functional groups attached to an aromatic ring is 1. The van der Waals surface area contributed by atoms with Gasteiger partial charge in [0.2, 0.25) is 11.9 Å². The van der Waals surface area contributed by atoms with Crippen LogP contribution in [0.25, 0.3) is 11.3 Å². The Morgan fingerprint density at radius 1 is 1.19 bits per heavy atom. The lowest BCUT2D eigenvalue weighted by Crippen LogP contribution is -2.29. The molecule has 0 aromatic carbocycles. The first kappa shape index (κ1) is 18.3. The zero-order valence-corrected chi connectivity index (χ0v) is 15.1. The molecule has 140 valence electrons. The van der Waals surface area contributed by atoms with Crippen molar-refractivity contribution in [3.8, 4) is 11.3 Å². The monoisotopic (exact) mass is 357 g/mol. The molecule has 8 nitrogen and oxygen atoms in total. The van der Waals surface area contributed by atoms with Gasteiger partial charge in [-0.1, -0.05) is 13.3 Å². The Morgan fingerprint density at radius 2 is 2.00 bits per heavy atom. The Bertz CT molecular complexity index is 716. The number of aliphatic hydroxyl groups excluding tert-OH is 1. The lowest BCUT2D eigenvalue weighted by atomic mass is 9.93. The van der Waals surface area contributed by atoms with Crippen LogP contribution in [0.5, 0.6) is 0 Å². The molecule has 2 aromatic rings. The normalized spacial score (nSPS) is 19.9. The van der Waals surface area contributed by atoms with Crippen LogP contribution in [0, 0.1) is 0 Å². The predicted octanol–water partition coefficient (Wildman–Crippen LogP) is 2.44. The second kappa shape index (κ2) is 8.75. The first-order chi connectivity index (χ1) is 12.7. The summed E-state index contributed by atoms with van der Waals surface area (Å²) in [5.41, 5.74) is 7.22. The van der Waals surface area contributed by atoms with E-state index in [2.05, 4.69) is 37.5 Å². The minimum absolute atomic E-state index is 0.189. The van der Waals surface area contributed by atoms with Crippen molar-refractivity contribution in [2.45, 2.75) is 57.6 Å². The highest BCUT2D eigenvalue weighted by molar-refractivity contribution is 5.73. The van der Waals surface area contributed by atoms with Gasteiger partial charge in [0.15, 0.2) is 0 Å². The molecule has 0 saturated heterocycles. The zero-order chi connectivity index (χ0) is 18.4. The third-order valence-corrected chi connectivity index (χ3v) is 4.59. The summed E-state index contributed by atoms with van der Waals surface area (Å²) < 4.78 is 0.